The second-order valence-corrected chi connectivity index (χ2v) is 16.2. The van der Waals surface area contributed by atoms with Crippen LogP contribution in [0.5, 0.6) is 0 Å². The Labute approximate surface area is 253 Å². The average molecular weight is 574 g/mol. The van der Waals surface area contributed by atoms with Gasteiger partial charge in [0.05, 0.1) is 11.0 Å². The zero-order valence-electron chi connectivity index (χ0n) is 27.6. The topological polar surface area (TPSA) is 92.8 Å². The van der Waals surface area contributed by atoms with Crippen molar-refractivity contribution in [1.82, 2.24) is 9.55 Å². The molecule has 1 unspecified atom stereocenters. The molecule has 0 radical (unpaired) electrons. The molecule has 0 aromatic carbocycles. The van der Waals surface area contributed by atoms with Crippen LogP contribution in [0.1, 0.15) is 119 Å². The van der Waals surface area contributed by atoms with E-state index in [-0.39, 0.29) is 51.1 Å². The van der Waals surface area contributed by atoms with Crippen LogP contribution in [0, 0.1) is 55.7 Å². The maximum atomic E-state index is 14.2. The van der Waals surface area contributed by atoms with E-state index >= 15 is 0 Å². The number of hydrogen-bond donors (Lipinski definition) is 0. The van der Waals surface area contributed by atoms with Crippen molar-refractivity contribution in [3.63, 3.8) is 0 Å². The number of nitriles is 1. The summed E-state index contributed by atoms with van der Waals surface area (Å²) in [6.45, 7) is 21.3. The summed E-state index contributed by atoms with van der Waals surface area (Å²) in [5, 5.41) is 9.94. The summed E-state index contributed by atoms with van der Waals surface area (Å²) >= 11 is 0. The molecular formula is C36H51N3O3. The van der Waals surface area contributed by atoms with Crippen molar-refractivity contribution in [3.05, 3.63) is 42.0 Å². The third kappa shape index (κ3) is 4.95. The Hall–Kier alpha value is -2.81. The molecule has 1 heterocycles. The molecule has 2 fully saturated rings. The van der Waals surface area contributed by atoms with Gasteiger partial charge in [0.25, 0.3) is 0 Å². The van der Waals surface area contributed by atoms with E-state index < -0.39 is 16.2 Å². The van der Waals surface area contributed by atoms with Gasteiger partial charge >= 0.3 is 0 Å². The van der Waals surface area contributed by atoms with Crippen LogP contribution < -0.4 is 0 Å². The molecular weight excluding hydrogens is 522 g/mol. The quantitative estimate of drug-likeness (QED) is 0.320. The lowest BCUT2D eigenvalue weighted by molar-refractivity contribution is -0.131. The standard InChI is InChI=1S/C36H51N3O3/c1-24-20-31(3,4)13-15-36(24,30(42)39-18-17-38-23-39)16-14-32(5,6)35(10)12-11-27-33(7,8)29(41)26(22-37)21-34(27,9)28(35)19-25(2)40/h17-19,21,23-24,27H,11-16,20H2,1-10H3/b28-19-/t24?,27-,34-,35+,36-/m0/s1. The van der Waals surface area contributed by atoms with Gasteiger partial charge in [-0.2, -0.15) is 5.26 Å². The lowest BCUT2D eigenvalue weighted by Gasteiger charge is -2.61. The minimum Gasteiger partial charge on any atom is -0.295 e. The number of fused-ring (bicyclic) bond motifs is 1. The number of carbonyl (C=O) groups is 3. The van der Waals surface area contributed by atoms with Gasteiger partial charge in [-0.05, 0) is 86.0 Å². The molecule has 0 amide bonds. The van der Waals surface area contributed by atoms with Crippen LogP contribution in [0.4, 0.5) is 0 Å². The average Bonchev–Trinajstić information content (AvgIpc) is 3.42. The van der Waals surface area contributed by atoms with Gasteiger partial charge in [0.15, 0.2) is 11.6 Å². The molecule has 0 spiro atoms. The van der Waals surface area contributed by atoms with Crippen LogP contribution in [-0.4, -0.2) is 27.0 Å². The monoisotopic (exact) mass is 573 g/mol. The summed E-state index contributed by atoms with van der Waals surface area (Å²) in [4.78, 5) is 44.5. The van der Waals surface area contributed by atoms with Crippen molar-refractivity contribution in [2.45, 2.75) is 114 Å². The molecule has 6 heteroatoms. The Morgan fingerprint density at radius 2 is 1.81 bits per heavy atom. The fourth-order valence-electron chi connectivity index (χ4n) is 9.29. The van der Waals surface area contributed by atoms with Crippen molar-refractivity contribution in [2.75, 3.05) is 0 Å². The first kappa shape index (κ1) is 32.1. The van der Waals surface area contributed by atoms with Crippen LogP contribution in [0.25, 0.3) is 0 Å². The van der Waals surface area contributed by atoms with E-state index in [2.05, 4.69) is 59.5 Å². The van der Waals surface area contributed by atoms with Gasteiger partial charge in [0, 0.05) is 23.2 Å². The van der Waals surface area contributed by atoms with Gasteiger partial charge in [0.2, 0.25) is 5.91 Å². The molecule has 0 aliphatic heterocycles. The zero-order valence-corrected chi connectivity index (χ0v) is 27.6. The minimum absolute atomic E-state index is 0.0150. The fourth-order valence-corrected chi connectivity index (χ4v) is 9.29. The highest BCUT2D eigenvalue weighted by Gasteiger charge is 2.61. The summed E-state index contributed by atoms with van der Waals surface area (Å²) in [5.74, 6) is 0.204. The van der Waals surface area contributed by atoms with E-state index in [1.807, 2.05) is 19.9 Å². The first-order chi connectivity index (χ1) is 19.3. The first-order valence-corrected chi connectivity index (χ1v) is 15.7. The van der Waals surface area contributed by atoms with E-state index in [4.69, 9.17) is 0 Å². The summed E-state index contributed by atoms with van der Waals surface area (Å²) in [7, 11) is 0. The highest BCUT2D eigenvalue weighted by Crippen LogP contribution is 2.67. The second-order valence-electron chi connectivity index (χ2n) is 16.2. The Balaban J connectivity index is 1.77. The Bertz CT molecular complexity index is 1370. The van der Waals surface area contributed by atoms with Crippen molar-refractivity contribution >= 4 is 17.5 Å². The van der Waals surface area contributed by atoms with Gasteiger partial charge in [-0.3, -0.25) is 19.0 Å². The molecule has 0 bridgehead atoms. The van der Waals surface area contributed by atoms with Crippen LogP contribution in [0.3, 0.4) is 0 Å². The molecule has 6 nitrogen and oxygen atoms in total. The van der Waals surface area contributed by atoms with Gasteiger partial charge in [-0.15, -0.1) is 0 Å². The van der Waals surface area contributed by atoms with Crippen LogP contribution in [0.15, 0.2) is 42.0 Å². The predicted molar refractivity (Wildman–Crippen MR) is 165 cm³/mol. The maximum absolute atomic E-state index is 14.2. The molecule has 1 aromatic heterocycles. The highest BCUT2D eigenvalue weighted by molar-refractivity contribution is 6.04. The largest absolute Gasteiger partial charge is 0.295 e. The molecule has 3 aliphatic carbocycles. The zero-order chi connectivity index (χ0) is 31.5. The highest BCUT2D eigenvalue weighted by atomic mass is 16.2. The lowest BCUT2D eigenvalue weighted by Crippen LogP contribution is -2.56. The lowest BCUT2D eigenvalue weighted by atomic mass is 9.42. The summed E-state index contributed by atoms with van der Waals surface area (Å²) < 4.78 is 1.67. The smallest absolute Gasteiger partial charge is 0.238 e. The second kappa shape index (κ2) is 10.4. The number of nitrogens with zero attached hydrogens (tertiary/aromatic N) is 3. The number of rotatable bonds is 6. The van der Waals surface area contributed by atoms with Gasteiger partial charge in [-0.1, -0.05) is 74.0 Å². The summed E-state index contributed by atoms with van der Waals surface area (Å²) in [6, 6.07) is 2.17. The summed E-state index contributed by atoms with van der Waals surface area (Å²) in [5.41, 5.74) is -1.06. The first-order valence-electron chi connectivity index (χ1n) is 15.7. The van der Waals surface area contributed by atoms with Gasteiger partial charge in [-0.25, -0.2) is 4.98 Å². The molecule has 3 aliphatic rings. The van der Waals surface area contributed by atoms with Gasteiger partial charge < -0.3 is 0 Å². The van der Waals surface area contributed by atoms with Crippen molar-refractivity contribution in [1.29, 1.82) is 5.26 Å². The van der Waals surface area contributed by atoms with Crippen LogP contribution in [0.2, 0.25) is 0 Å². The number of allylic oxidation sites excluding steroid dienone is 4. The molecule has 5 atom stereocenters. The van der Waals surface area contributed by atoms with E-state index in [0.717, 1.165) is 50.5 Å². The third-order valence-corrected chi connectivity index (χ3v) is 12.3. The van der Waals surface area contributed by atoms with Crippen molar-refractivity contribution in [3.8, 4) is 6.07 Å². The normalized spacial score (nSPS) is 35.2. The van der Waals surface area contributed by atoms with E-state index in [1.54, 1.807) is 36.3 Å². The van der Waals surface area contributed by atoms with E-state index in [9.17, 15) is 19.6 Å². The number of carbonyl (C=O) groups excluding carboxylic acids is 3. The van der Waals surface area contributed by atoms with Crippen molar-refractivity contribution < 1.29 is 14.4 Å². The summed E-state index contributed by atoms with van der Waals surface area (Å²) in [6.07, 6.45) is 14.8. The van der Waals surface area contributed by atoms with E-state index in [1.165, 1.54) is 0 Å². The maximum Gasteiger partial charge on any atom is 0.238 e. The number of imidazole rings is 1. The number of hydrogen-bond acceptors (Lipinski definition) is 5. The van der Waals surface area contributed by atoms with Crippen molar-refractivity contribution in [2.24, 2.45) is 44.3 Å². The number of Topliss-reactive ketones (excluding diaryl/α,β-unsaturated/α-hetero) is 1. The molecule has 2 saturated carbocycles. The molecule has 42 heavy (non-hydrogen) atoms. The molecule has 228 valence electrons. The predicted octanol–water partition coefficient (Wildman–Crippen LogP) is 8.16. The SMILES string of the molecule is CC(=O)/C=C1/[C@@]2(C)C=C(C#N)C(=O)C(C)(C)[C@@H]2CC[C@@]1(C)C(C)(C)CC[C@@]1(C(=O)n2ccnc2)CCC(C)(C)CC1C. The fraction of sp³-hybridized carbons (Fsp3) is 0.694. The van der Waals surface area contributed by atoms with Crippen LogP contribution >= 0.6 is 0 Å². The molecule has 1 aromatic rings. The number of ketones is 2. The van der Waals surface area contributed by atoms with Gasteiger partial charge in [0.1, 0.15) is 12.4 Å². The minimum atomic E-state index is -0.707. The van der Waals surface area contributed by atoms with E-state index in [0.29, 0.717) is 0 Å². The Kier molecular flexibility index (Phi) is 7.97. The molecule has 0 N–H and O–H groups in total. The molecule has 4 rings (SSSR count). The third-order valence-electron chi connectivity index (χ3n) is 12.3. The Morgan fingerprint density at radius 3 is 2.36 bits per heavy atom. The Morgan fingerprint density at radius 1 is 1.14 bits per heavy atom. The molecule has 0 saturated heterocycles. The number of aromatic nitrogens is 2. The van der Waals surface area contributed by atoms with Crippen LogP contribution in [-0.2, 0) is 9.59 Å².